The number of rotatable bonds is 8. The molecule has 10 heteroatoms. The van der Waals surface area contributed by atoms with E-state index in [2.05, 4.69) is 10.6 Å². The number of benzene rings is 2. The summed E-state index contributed by atoms with van der Waals surface area (Å²) in [6, 6.07) is 12.1. The molecule has 0 spiro atoms. The van der Waals surface area contributed by atoms with E-state index in [0.717, 1.165) is 40.4 Å². The van der Waals surface area contributed by atoms with Gasteiger partial charge in [0, 0.05) is 16.8 Å². The van der Waals surface area contributed by atoms with Gasteiger partial charge in [-0.1, -0.05) is 18.2 Å². The Kier molecular flexibility index (Phi) is 7.59. The molecule has 42 heavy (non-hydrogen) atoms. The topological polar surface area (TPSA) is 114 Å². The predicted molar refractivity (Wildman–Crippen MR) is 158 cm³/mol. The number of hydrogen-bond acceptors (Lipinski definition) is 6. The van der Waals surface area contributed by atoms with E-state index in [-0.39, 0.29) is 52.9 Å². The zero-order chi connectivity index (χ0) is 29.6. The van der Waals surface area contributed by atoms with Crippen molar-refractivity contribution >= 4 is 44.2 Å². The van der Waals surface area contributed by atoms with Crippen LogP contribution in [0, 0.1) is 29.0 Å². The van der Waals surface area contributed by atoms with Crippen LogP contribution in [0.3, 0.4) is 0 Å². The average molecular weight is 595 g/mol. The number of anilines is 1. The van der Waals surface area contributed by atoms with Crippen LogP contribution in [0.5, 0.6) is 11.5 Å². The first-order valence-corrected chi connectivity index (χ1v) is 15.3. The molecule has 0 saturated heterocycles. The number of halogens is 1. The minimum Gasteiger partial charge on any atom is -0.496 e. The maximum absolute atomic E-state index is 15.0. The highest BCUT2D eigenvalue weighted by Gasteiger charge is 2.51. The lowest BCUT2D eigenvalue weighted by atomic mass is 9.75. The van der Waals surface area contributed by atoms with Crippen molar-refractivity contribution in [2.75, 3.05) is 12.4 Å². The van der Waals surface area contributed by atoms with Gasteiger partial charge in [0.05, 0.1) is 35.1 Å². The number of methoxy groups -OCH3 is 1. The molecule has 3 aliphatic carbocycles. The van der Waals surface area contributed by atoms with Crippen molar-refractivity contribution in [1.29, 1.82) is 0 Å². The van der Waals surface area contributed by atoms with Crippen LogP contribution in [0.25, 0.3) is 10.1 Å². The summed E-state index contributed by atoms with van der Waals surface area (Å²) in [7, 11) is 1.37. The lowest BCUT2D eigenvalue weighted by Crippen LogP contribution is -2.48. The number of nitrogens with one attached hydrogen (secondary N) is 2. The molecule has 2 aromatic carbocycles. The number of carbonyl (C=O) groups excluding carboxylic acids is 2. The lowest BCUT2D eigenvalue weighted by Gasteiger charge is -2.34. The normalized spacial score (nSPS) is 28.4. The first-order chi connectivity index (χ1) is 20.1. The molecule has 3 aromatic rings. The van der Waals surface area contributed by atoms with Crippen molar-refractivity contribution in [2.45, 2.75) is 64.0 Å². The van der Waals surface area contributed by atoms with Gasteiger partial charge in [-0.15, -0.1) is 11.3 Å². The molecule has 1 heterocycles. The summed E-state index contributed by atoms with van der Waals surface area (Å²) in [5.74, 6) is -2.04. The van der Waals surface area contributed by atoms with Gasteiger partial charge < -0.3 is 25.2 Å². The Morgan fingerprint density at radius 1 is 1.02 bits per heavy atom. The Hall–Kier alpha value is -3.66. The number of carbonyl (C=O) groups is 3. The van der Waals surface area contributed by atoms with Gasteiger partial charge in [-0.2, -0.15) is 0 Å². The molecule has 3 fully saturated rings. The largest absolute Gasteiger partial charge is 0.496 e. The summed E-state index contributed by atoms with van der Waals surface area (Å²) >= 11 is 1.53. The minimum absolute atomic E-state index is 0.0723. The Bertz CT molecular complexity index is 1500. The number of fused-ring (bicyclic) bond motifs is 3. The fourth-order valence-corrected chi connectivity index (χ4v) is 8.03. The van der Waals surface area contributed by atoms with Crippen LogP contribution in [0.1, 0.15) is 62.2 Å². The summed E-state index contributed by atoms with van der Waals surface area (Å²) in [6.45, 7) is 1.72. The molecular formula is C32H35FN2O6S. The van der Waals surface area contributed by atoms with Crippen LogP contribution in [0.2, 0.25) is 0 Å². The molecule has 8 nitrogen and oxygen atoms in total. The highest BCUT2D eigenvalue weighted by molar-refractivity contribution is 7.22. The van der Waals surface area contributed by atoms with Gasteiger partial charge in [-0.3, -0.25) is 14.4 Å². The van der Waals surface area contributed by atoms with Gasteiger partial charge in [0.25, 0.3) is 5.91 Å². The third-order valence-electron chi connectivity index (χ3n) is 9.53. The number of thiophene rings is 1. The number of hydrogen-bond donors (Lipinski definition) is 3. The second kappa shape index (κ2) is 11.2. The second-order valence-electron chi connectivity index (χ2n) is 12.2. The van der Waals surface area contributed by atoms with Crippen LogP contribution >= 0.6 is 11.3 Å². The fourth-order valence-electron chi connectivity index (χ4n) is 7.07. The number of amides is 2. The smallest absolute Gasteiger partial charge is 0.309 e. The zero-order valence-electron chi connectivity index (χ0n) is 23.7. The van der Waals surface area contributed by atoms with Crippen molar-refractivity contribution < 1.29 is 33.4 Å². The van der Waals surface area contributed by atoms with Crippen molar-refractivity contribution in [3.63, 3.8) is 0 Å². The van der Waals surface area contributed by atoms with Crippen molar-refractivity contribution in [3.05, 3.63) is 53.8 Å². The maximum Gasteiger partial charge on any atom is 0.309 e. The third kappa shape index (κ3) is 5.32. The molecule has 2 bridgehead atoms. The molecule has 3 aliphatic rings. The summed E-state index contributed by atoms with van der Waals surface area (Å²) in [4.78, 5) is 38.8. The SMILES string of the molecule is COc1cc(F)c(OC2CCC(C)(C(=O)O)CC2)cc1C(=O)N[C@@H]1[C@H]2CC[C@H](C2)[C@@H]1C(=O)Nc1cc2ccccc2s1. The lowest BCUT2D eigenvalue weighted by molar-refractivity contribution is -0.150. The minimum atomic E-state index is -0.841. The van der Waals surface area contributed by atoms with Crippen molar-refractivity contribution in [2.24, 2.45) is 23.2 Å². The molecule has 2 amide bonds. The molecule has 0 radical (unpaired) electrons. The average Bonchev–Trinajstić information content (AvgIpc) is 3.69. The zero-order valence-corrected chi connectivity index (χ0v) is 24.5. The monoisotopic (exact) mass is 594 g/mol. The highest BCUT2D eigenvalue weighted by atomic mass is 32.1. The van der Waals surface area contributed by atoms with Crippen LogP contribution in [-0.4, -0.2) is 42.1 Å². The van der Waals surface area contributed by atoms with E-state index >= 15 is 4.39 Å². The van der Waals surface area contributed by atoms with E-state index in [1.54, 1.807) is 6.92 Å². The summed E-state index contributed by atoms with van der Waals surface area (Å²) < 4.78 is 27.4. The van der Waals surface area contributed by atoms with Crippen molar-refractivity contribution in [3.8, 4) is 11.5 Å². The third-order valence-corrected chi connectivity index (χ3v) is 10.6. The number of carboxylic acids is 1. The summed E-state index contributed by atoms with van der Waals surface area (Å²) in [5, 5.41) is 17.5. The summed E-state index contributed by atoms with van der Waals surface area (Å²) in [5.41, 5.74) is -0.685. The van der Waals surface area contributed by atoms with E-state index in [9.17, 15) is 19.5 Å². The van der Waals surface area contributed by atoms with Crippen LogP contribution < -0.4 is 20.1 Å². The van der Waals surface area contributed by atoms with E-state index in [4.69, 9.17) is 9.47 Å². The van der Waals surface area contributed by atoms with E-state index in [1.807, 2.05) is 30.3 Å². The Morgan fingerprint density at radius 3 is 2.48 bits per heavy atom. The van der Waals surface area contributed by atoms with Gasteiger partial charge in [0.15, 0.2) is 11.6 Å². The molecule has 3 N–H and O–H groups in total. The van der Waals surface area contributed by atoms with E-state index in [1.165, 1.54) is 24.5 Å². The van der Waals surface area contributed by atoms with Crippen LogP contribution in [0.4, 0.5) is 9.39 Å². The predicted octanol–water partition coefficient (Wildman–Crippen LogP) is 6.24. The quantitative estimate of drug-likeness (QED) is 0.284. The molecular weight excluding hydrogens is 559 g/mol. The molecule has 0 unspecified atom stereocenters. The first kappa shape index (κ1) is 28.5. The van der Waals surface area contributed by atoms with Crippen LogP contribution in [0.15, 0.2) is 42.5 Å². The van der Waals surface area contributed by atoms with Gasteiger partial charge in [0.1, 0.15) is 5.75 Å². The van der Waals surface area contributed by atoms with Crippen LogP contribution in [-0.2, 0) is 9.59 Å². The molecule has 4 atom stereocenters. The summed E-state index contributed by atoms with van der Waals surface area (Å²) in [6.07, 6.45) is 4.19. The molecule has 222 valence electrons. The molecule has 6 rings (SSSR count). The van der Waals surface area contributed by atoms with Crippen molar-refractivity contribution in [1.82, 2.24) is 5.32 Å². The molecule has 1 aromatic heterocycles. The number of carboxylic acid groups (broad SMARTS) is 1. The van der Waals surface area contributed by atoms with Gasteiger partial charge in [-0.25, -0.2) is 4.39 Å². The van der Waals surface area contributed by atoms with Gasteiger partial charge in [-0.05, 0) is 87.3 Å². The number of ether oxygens (including phenoxy) is 2. The standard InChI is InChI=1S/C32H35FN2O6S/c1-32(31(38)39)11-9-20(10-12-32)41-24-15-21(23(40-2)16-22(24)33)29(36)35-28-19-8-7-18(13-19)27(28)30(37)34-26-14-17-5-3-4-6-25(17)42-26/h3-6,14-16,18-20,27-28H,7-13H2,1-2H3,(H,34,37)(H,35,36)(H,38,39)/t18-,19+,20?,27+,28-,32?/m1/s1. The maximum atomic E-state index is 15.0. The number of aliphatic carboxylic acids is 1. The van der Waals surface area contributed by atoms with Gasteiger partial charge >= 0.3 is 5.97 Å². The Labute approximate surface area is 247 Å². The molecule has 0 aliphatic heterocycles. The van der Waals surface area contributed by atoms with E-state index < -0.39 is 23.1 Å². The van der Waals surface area contributed by atoms with E-state index in [0.29, 0.717) is 25.7 Å². The Morgan fingerprint density at radius 2 is 1.76 bits per heavy atom. The van der Waals surface area contributed by atoms with Gasteiger partial charge in [0.2, 0.25) is 5.91 Å². The fraction of sp³-hybridized carbons (Fsp3) is 0.469. The second-order valence-corrected chi connectivity index (χ2v) is 13.2. The highest BCUT2D eigenvalue weighted by Crippen LogP contribution is 2.49. The first-order valence-electron chi connectivity index (χ1n) is 14.5. The molecule has 3 saturated carbocycles. The Balaban J connectivity index is 1.18.